The zero-order chi connectivity index (χ0) is 18.4. The number of hydrogen-bond donors (Lipinski definition) is 2. The van der Waals surface area contributed by atoms with E-state index in [0.717, 1.165) is 11.1 Å². The summed E-state index contributed by atoms with van der Waals surface area (Å²) in [5.74, 6) is -1.30. The standard InChI is InChI=1S/C19H20N2O4/c1-12-6-3-4-7-14(12)11-17(18(20)23)21-19(24)15-8-5-9-16(10-15)25-13(2)22/h3-10,17H,11H2,1-2H3,(H2,20,23)(H,21,24)/t17-/m0/s1. The van der Waals surface area contributed by atoms with E-state index < -0.39 is 23.8 Å². The predicted molar refractivity (Wildman–Crippen MR) is 93.1 cm³/mol. The van der Waals surface area contributed by atoms with E-state index in [1.165, 1.54) is 13.0 Å². The summed E-state index contributed by atoms with van der Waals surface area (Å²) in [5, 5.41) is 2.64. The number of primary amides is 1. The van der Waals surface area contributed by atoms with E-state index in [2.05, 4.69) is 5.32 Å². The van der Waals surface area contributed by atoms with Crippen molar-refractivity contribution < 1.29 is 19.1 Å². The van der Waals surface area contributed by atoms with E-state index in [4.69, 9.17) is 10.5 Å². The summed E-state index contributed by atoms with van der Waals surface area (Å²) in [6.45, 7) is 3.20. The summed E-state index contributed by atoms with van der Waals surface area (Å²) < 4.78 is 4.96. The number of nitrogens with two attached hydrogens (primary N) is 1. The number of ether oxygens (including phenoxy) is 1. The Labute approximate surface area is 146 Å². The summed E-state index contributed by atoms with van der Waals surface area (Å²) in [5.41, 5.74) is 7.65. The highest BCUT2D eigenvalue weighted by molar-refractivity contribution is 5.97. The molecule has 0 heterocycles. The molecule has 0 aliphatic rings. The first-order chi connectivity index (χ1) is 11.9. The van der Waals surface area contributed by atoms with Crippen LogP contribution in [0.2, 0.25) is 0 Å². The van der Waals surface area contributed by atoms with Crippen molar-refractivity contribution in [1.29, 1.82) is 0 Å². The van der Waals surface area contributed by atoms with E-state index in [-0.39, 0.29) is 11.3 Å². The van der Waals surface area contributed by atoms with Crippen molar-refractivity contribution in [3.8, 4) is 5.75 Å². The monoisotopic (exact) mass is 340 g/mol. The number of carbonyl (C=O) groups excluding carboxylic acids is 3. The first-order valence-electron chi connectivity index (χ1n) is 7.80. The number of hydrogen-bond acceptors (Lipinski definition) is 4. The molecule has 1 atom stereocenters. The molecule has 0 aliphatic carbocycles. The highest BCUT2D eigenvalue weighted by Crippen LogP contribution is 2.14. The second-order valence-corrected chi connectivity index (χ2v) is 5.68. The largest absolute Gasteiger partial charge is 0.427 e. The molecule has 2 aromatic carbocycles. The van der Waals surface area contributed by atoms with Gasteiger partial charge in [0.2, 0.25) is 5.91 Å². The lowest BCUT2D eigenvalue weighted by atomic mass is 10.0. The molecule has 130 valence electrons. The molecule has 6 heteroatoms. The summed E-state index contributed by atoms with van der Waals surface area (Å²) in [7, 11) is 0. The van der Waals surface area contributed by atoms with Gasteiger partial charge in [-0.05, 0) is 36.2 Å². The third kappa shape index (κ3) is 5.17. The first kappa shape index (κ1) is 18.2. The van der Waals surface area contributed by atoms with E-state index >= 15 is 0 Å². The predicted octanol–water partition coefficient (Wildman–Crippen LogP) is 1.75. The summed E-state index contributed by atoms with van der Waals surface area (Å²) in [4.78, 5) is 35.2. The minimum absolute atomic E-state index is 0.259. The molecule has 0 spiro atoms. The smallest absolute Gasteiger partial charge is 0.308 e. The number of nitrogens with one attached hydrogen (secondary N) is 1. The second-order valence-electron chi connectivity index (χ2n) is 5.68. The number of aryl methyl sites for hydroxylation is 1. The Morgan fingerprint density at radius 2 is 1.84 bits per heavy atom. The molecule has 6 nitrogen and oxygen atoms in total. The van der Waals surface area contributed by atoms with Gasteiger partial charge in [-0.25, -0.2) is 0 Å². The number of benzene rings is 2. The quantitative estimate of drug-likeness (QED) is 0.618. The molecule has 2 aromatic rings. The second kappa shape index (κ2) is 8.10. The Balaban J connectivity index is 2.14. The molecular formula is C19H20N2O4. The third-order valence-corrected chi connectivity index (χ3v) is 3.69. The summed E-state index contributed by atoms with van der Waals surface area (Å²) >= 11 is 0. The number of rotatable bonds is 6. The van der Waals surface area contributed by atoms with Gasteiger partial charge in [-0.15, -0.1) is 0 Å². The maximum Gasteiger partial charge on any atom is 0.308 e. The highest BCUT2D eigenvalue weighted by atomic mass is 16.5. The van der Waals surface area contributed by atoms with Gasteiger partial charge >= 0.3 is 5.97 Å². The van der Waals surface area contributed by atoms with Crippen LogP contribution in [0.15, 0.2) is 48.5 Å². The van der Waals surface area contributed by atoms with Crippen LogP contribution in [0.1, 0.15) is 28.4 Å². The molecular weight excluding hydrogens is 320 g/mol. The van der Waals surface area contributed by atoms with Crippen molar-refractivity contribution >= 4 is 17.8 Å². The van der Waals surface area contributed by atoms with E-state index in [1.807, 2.05) is 31.2 Å². The average molecular weight is 340 g/mol. The first-order valence-corrected chi connectivity index (χ1v) is 7.80. The average Bonchev–Trinajstić information content (AvgIpc) is 2.55. The van der Waals surface area contributed by atoms with Crippen molar-refractivity contribution in [2.24, 2.45) is 5.73 Å². The molecule has 25 heavy (non-hydrogen) atoms. The van der Waals surface area contributed by atoms with Gasteiger partial charge in [0.15, 0.2) is 0 Å². The maximum atomic E-state index is 12.4. The zero-order valence-corrected chi connectivity index (χ0v) is 14.1. The Morgan fingerprint density at radius 3 is 2.48 bits per heavy atom. The van der Waals surface area contributed by atoms with Crippen LogP contribution in [-0.2, 0) is 16.0 Å². The van der Waals surface area contributed by atoms with Crippen LogP contribution in [0.25, 0.3) is 0 Å². The van der Waals surface area contributed by atoms with Gasteiger partial charge in [-0.1, -0.05) is 30.3 Å². The van der Waals surface area contributed by atoms with Crippen molar-refractivity contribution in [3.63, 3.8) is 0 Å². The number of amides is 2. The third-order valence-electron chi connectivity index (χ3n) is 3.69. The molecule has 3 N–H and O–H groups in total. The van der Waals surface area contributed by atoms with Crippen molar-refractivity contribution in [1.82, 2.24) is 5.32 Å². The Hall–Kier alpha value is -3.15. The minimum Gasteiger partial charge on any atom is -0.427 e. The molecule has 0 bridgehead atoms. The molecule has 0 saturated carbocycles. The van der Waals surface area contributed by atoms with E-state index in [9.17, 15) is 14.4 Å². The van der Waals surface area contributed by atoms with Gasteiger partial charge in [0.1, 0.15) is 11.8 Å². The molecule has 0 unspecified atom stereocenters. The van der Waals surface area contributed by atoms with Crippen LogP contribution in [0.5, 0.6) is 5.75 Å². The number of esters is 1. The van der Waals surface area contributed by atoms with Crippen molar-refractivity contribution in [2.75, 3.05) is 0 Å². The van der Waals surface area contributed by atoms with Crippen LogP contribution in [0, 0.1) is 6.92 Å². The lowest BCUT2D eigenvalue weighted by Gasteiger charge is -2.17. The van der Waals surface area contributed by atoms with E-state index in [1.54, 1.807) is 18.2 Å². The van der Waals surface area contributed by atoms with Crippen molar-refractivity contribution in [3.05, 3.63) is 65.2 Å². The molecule has 0 fully saturated rings. The number of carbonyl (C=O) groups is 3. The lowest BCUT2D eigenvalue weighted by molar-refractivity contribution is -0.131. The van der Waals surface area contributed by atoms with Crippen LogP contribution in [-0.4, -0.2) is 23.8 Å². The van der Waals surface area contributed by atoms with Gasteiger partial charge in [-0.3, -0.25) is 14.4 Å². The Kier molecular flexibility index (Phi) is 5.89. The van der Waals surface area contributed by atoms with Crippen LogP contribution in [0.3, 0.4) is 0 Å². The summed E-state index contributed by atoms with van der Waals surface area (Å²) in [6.07, 6.45) is 0.303. The molecule has 0 aromatic heterocycles. The van der Waals surface area contributed by atoms with Gasteiger partial charge < -0.3 is 15.8 Å². The van der Waals surface area contributed by atoms with Gasteiger partial charge in [0.05, 0.1) is 0 Å². The van der Waals surface area contributed by atoms with E-state index in [0.29, 0.717) is 6.42 Å². The fraction of sp³-hybridized carbons (Fsp3) is 0.211. The lowest BCUT2D eigenvalue weighted by Crippen LogP contribution is -2.46. The zero-order valence-electron chi connectivity index (χ0n) is 14.1. The molecule has 2 rings (SSSR count). The van der Waals surface area contributed by atoms with Gasteiger partial charge in [0, 0.05) is 18.9 Å². The van der Waals surface area contributed by atoms with Crippen molar-refractivity contribution in [2.45, 2.75) is 26.3 Å². The fourth-order valence-corrected chi connectivity index (χ4v) is 2.39. The highest BCUT2D eigenvalue weighted by Gasteiger charge is 2.20. The van der Waals surface area contributed by atoms with Crippen LogP contribution in [0.4, 0.5) is 0 Å². The normalized spacial score (nSPS) is 11.4. The SMILES string of the molecule is CC(=O)Oc1cccc(C(=O)N[C@@H](Cc2ccccc2C)C(N)=O)c1. The van der Waals surface area contributed by atoms with Gasteiger partial charge in [0.25, 0.3) is 5.91 Å². The molecule has 0 aliphatic heterocycles. The fourth-order valence-electron chi connectivity index (χ4n) is 2.39. The molecule has 0 saturated heterocycles. The van der Waals surface area contributed by atoms with Gasteiger partial charge in [-0.2, -0.15) is 0 Å². The molecule has 2 amide bonds. The topological polar surface area (TPSA) is 98.5 Å². The minimum atomic E-state index is -0.842. The maximum absolute atomic E-state index is 12.4. The summed E-state index contributed by atoms with van der Waals surface area (Å²) in [6, 6.07) is 12.9. The van der Waals surface area contributed by atoms with Crippen LogP contribution >= 0.6 is 0 Å². The molecule has 0 radical (unpaired) electrons. The Bertz CT molecular complexity index is 802. The van der Waals surface area contributed by atoms with Crippen LogP contribution < -0.4 is 15.8 Å². The Morgan fingerprint density at radius 1 is 1.12 bits per heavy atom.